The van der Waals surface area contributed by atoms with Gasteiger partial charge in [0, 0.05) is 4.88 Å². The molecule has 1 aromatic carbocycles. The Labute approximate surface area is 263 Å². The van der Waals surface area contributed by atoms with Crippen LogP contribution < -0.4 is 4.74 Å². The Morgan fingerprint density at radius 3 is 1.93 bits per heavy atom. The van der Waals surface area contributed by atoms with E-state index < -0.39 is 29.5 Å². The predicted molar refractivity (Wildman–Crippen MR) is 184 cm³/mol. The number of carboxylic acid groups (broad SMARTS) is 1. The van der Waals surface area contributed by atoms with E-state index in [9.17, 15) is 9.90 Å². The average Bonchev–Trinajstić information content (AvgIpc) is 3.32. The van der Waals surface area contributed by atoms with Crippen LogP contribution in [-0.4, -0.2) is 29.2 Å². The van der Waals surface area contributed by atoms with E-state index in [1.807, 2.05) is 0 Å². The summed E-state index contributed by atoms with van der Waals surface area (Å²) in [6.07, 6.45) is 3.33. The van der Waals surface area contributed by atoms with Gasteiger partial charge >= 0.3 is 5.97 Å². The summed E-state index contributed by atoms with van der Waals surface area (Å²) in [6, 6.07) is 8.63. The SMILES string of the molecule is CC/C(=C\CC(C)(C)C(=O)O)c1csc(COc2ccc(C(O[SiH](C)C)C(C)(C)C)c(C(O[SiH](C)C)C(C)(C)C)c2)c1. The van der Waals surface area contributed by atoms with E-state index in [1.54, 1.807) is 25.2 Å². The van der Waals surface area contributed by atoms with Crippen LogP contribution in [-0.2, 0) is 20.3 Å². The molecule has 0 saturated carbocycles. The minimum atomic E-state index is -1.34. The van der Waals surface area contributed by atoms with Gasteiger partial charge in [-0.1, -0.05) is 60.6 Å². The molecular formula is C34H56O5SSi2. The molecule has 0 radical (unpaired) electrons. The maximum absolute atomic E-state index is 11.6. The van der Waals surface area contributed by atoms with Crippen LogP contribution >= 0.6 is 11.3 Å². The van der Waals surface area contributed by atoms with E-state index in [2.05, 4.69) is 110 Å². The van der Waals surface area contributed by atoms with Gasteiger partial charge in [0.25, 0.3) is 0 Å². The summed E-state index contributed by atoms with van der Waals surface area (Å²) in [5.74, 6) is 0.0522. The molecule has 2 rings (SSSR count). The van der Waals surface area contributed by atoms with Crippen LogP contribution in [0.4, 0.5) is 0 Å². The number of rotatable bonds is 14. The number of allylic oxidation sites excluding steroid dienone is 2. The van der Waals surface area contributed by atoms with Crippen molar-refractivity contribution in [2.24, 2.45) is 16.2 Å². The maximum atomic E-state index is 11.6. The highest BCUT2D eigenvalue weighted by atomic mass is 32.1. The molecule has 8 heteroatoms. The summed E-state index contributed by atoms with van der Waals surface area (Å²) in [6.45, 7) is 28.6. The van der Waals surface area contributed by atoms with Gasteiger partial charge in [-0.15, -0.1) is 11.3 Å². The number of benzene rings is 1. The van der Waals surface area contributed by atoms with Crippen molar-refractivity contribution in [2.45, 2.75) is 120 Å². The van der Waals surface area contributed by atoms with E-state index in [0.717, 1.165) is 22.6 Å². The lowest BCUT2D eigenvalue weighted by Gasteiger charge is -2.39. The minimum absolute atomic E-state index is 0.0271. The van der Waals surface area contributed by atoms with Gasteiger partial charge in [0.15, 0.2) is 18.1 Å². The first kappa shape index (κ1) is 36.5. The molecular weight excluding hydrogens is 577 g/mol. The van der Waals surface area contributed by atoms with E-state index in [0.29, 0.717) is 13.0 Å². The van der Waals surface area contributed by atoms with Crippen molar-refractivity contribution >= 4 is 41.0 Å². The lowest BCUT2D eigenvalue weighted by Crippen LogP contribution is -2.31. The monoisotopic (exact) mass is 632 g/mol. The molecule has 0 fully saturated rings. The van der Waals surface area contributed by atoms with E-state index in [-0.39, 0.29) is 23.0 Å². The van der Waals surface area contributed by atoms with Crippen molar-refractivity contribution < 1.29 is 23.5 Å². The molecule has 0 spiro atoms. The second kappa shape index (κ2) is 14.8. The van der Waals surface area contributed by atoms with Gasteiger partial charge in [0.1, 0.15) is 12.4 Å². The Morgan fingerprint density at radius 2 is 1.45 bits per heavy atom. The van der Waals surface area contributed by atoms with E-state index in [1.165, 1.54) is 16.7 Å². The Bertz CT molecular complexity index is 1200. The fourth-order valence-corrected chi connectivity index (χ4v) is 7.87. The molecule has 2 atom stereocenters. The lowest BCUT2D eigenvalue weighted by molar-refractivity contribution is -0.146. The molecule has 42 heavy (non-hydrogen) atoms. The lowest BCUT2D eigenvalue weighted by atomic mass is 9.77. The second-order valence-corrected chi connectivity index (χ2v) is 20.5. The van der Waals surface area contributed by atoms with Crippen LogP contribution in [0.5, 0.6) is 5.75 Å². The Hall–Kier alpha value is -1.72. The van der Waals surface area contributed by atoms with Crippen LogP contribution in [0.2, 0.25) is 26.2 Å². The number of ether oxygens (including phenoxy) is 1. The van der Waals surface area contributed by atoms with Crippen molar-refractivity contribution in [3.05, 3.63) is 57.3 Å². The largest absolute Gasteiger partial charge is 0.488 e. The van der Waals surface area contributed by atoms with Crippen molar-refractivity contribution in [3.63, 3.8) is 0 Å². The van der Waals surface area contributed by atoms with Crippen LogP contribution in [0.3, 0.4) is 0 Å². The number of hydrogen-bond acceptors (Lipinski definition) is 5. The second-order valence-electron chi connectivity index (χ2n) is 14.7. The zero-order valence-corrected chi connectivity index (χ0v) is 31.5. The fraction of sp³-hybridized carbons (Fsp3) is 0.618. The number of aliphatic carboxylic acids is 1. The Kier molecular flexibility index (Phi) is 12.9. The van der Waals surface area contributed by atoms with Gasteiger partial charge in [0.2, 0.25) is 0 Å². The number of carboxylic acids is 1. The number of hydrogen-bond donors (Lipinski definition) is 1. The first-order chi connectivity index (χ1) is 19.3. The van der Waals surface area contributed by atoms with Crippen LogP contribution in [0, 0.1) is 16.2 Å². The third kappa shape index (κ3) is 10.5. The van der Waals surface area contributed by atoms with Gasteiger partial charge in [0.05, 0.1) is 17.6 Å². The van der Waals surface area contributed by atoms with Crippen molar-refractivity contribution in [2.75, 3.05) is 0 Å². The molecule has 1 N–H and O–H groups in total. The van der Waals surface area contributed by atoms with E-state index >= 15 is 0 Å². The molecule has 0 aliphatic heterocycles. The molecule has 0 bridgehead atoms. The highest BCUT2D eigenvalue weighted by Gasteiger charge is 2.36. The molecule has 236 valence electrons. The summed E-state index contributed by atoms with van der Waals surface area (Å²) >= 11 is 1.68. The Balaban J connectivity index is 2.43. The van der Waals surface area contributed by atoms with Gasteiger partial charge < -0.3 is 18.7 Å². The number of carbonyl (C=O) groups is 1. The van der Waals surface area contributed by atoms with Crippen molar-refractivity contribution in [1.29, 1.82) is 0 Å². The maximum Gasteiger partial charge on any atom is 0.309 e. The smallest absolute Gasteiger partial charge is 0.309 e. The van der Waals surface area contributed by atoms with Gasteiger partial charge in [-0.25, -0.2) is 0 Å². The zero-order valence-electron chi connectivity index (χ0n) is 28.4. The predicted octanol–water partition coefficient (Wildman–Crippen LogP) is 9.80. The standard InChI is InChI=1S/C34H56O5SSi2/c1-14-23(17-18-34(8,9)31(35)36)24-19-26(40-22-24)21-37-25-15-16-27(29(32(2,3)4)38-41(10)11)28(20-25)30(33(5,6)7)39-42(12)13/h15-17,19-20,22,29-30,41-42H,14,18,21H2,1-13H3,(H,35,36)/b23-17+. The fourth-order valence-electron chi connectivity index (χ4n) is 4.85. The molecule has 1 heterocycles. The quantitative estimate of drug-likeness (QED) is 0.210. The van der Waals surface area contributed by atoms with Crippen molar-refractivity contribution in [1.82, 2.24) is 0 Å². The highest BCUT2D eigenvalue weighted by molar-refractivity contribution is 7.10. The van der Waals surface area contributed by atoms with Crippen LogP contribution in [0.15, 0.2) is 35.7 Å². The first-order valence-corrected chi connectivity index (χ1v) is 21.8. The zero-order chi connectivity index (χ0) is 32.0. The van der Waals surface area contributed by atoms with Crippen molar-refractivity contribution in [3.8, 4) is 5.75 Å². The number of thiophene rings is 1. The summed E-state index contributed by atoms with van der Waals surface area (Å²) in [7, 11) is -2.66. The third-order valence-electron chi connectivity index (χ3n) is 7.24. The molecule has 0 amide bonds. The normalized spacial score (nSPS) is 14.9. The summed E-state index contributed by atoms with van der Waals surface area (Å²) < 4.78 is 19.8. The van der Waals surface area contributed by atoms with Crippen LogP contribution in [0.25, 0.3) is 5.57 Å². The average molecular weight is 633 g/mol. The first-order valence-electron chi connectivity index (χ1n) is 15.3. The van der Waals surface area contributed by atoms with E-state index in [4.69, 9.17) is 13.6 Å². The Morgan fingerprint density at radius 1 is 0.905 bits per heavy atom. The van der Waals surface area contributed by atoms with Gasteiger partial charge in [-0.2, -0.15) is 0 Å². The summed E-state index contributed by atoms with van der Waals surface area (Å²) in [5, 5.41) is 11.6. The molecule has 1 aromatic heterocycles. The van der Waals surface area contributed by atoms with Gasteiger partial charge in [-0.3, -0.25) is 4.79 Å². The molecule has 0 aliphatic carbocycles. The van der Waals surface area contributed by atoms with Gasteiger partial charge in [-0.05, 0) is 110 Å². The highest BCUT2D eigenvalue weighted by Crippen LogP contribution is 2.46. The van der Waals surface area contributed by atoms with Crippen LogP contribution in [0.1, 0.15) is 109 Å². The molecule has 2 aromatic rings. The topological polar surface area (TPSA) is 65.0 Å². The molecule has 5 nitrogen and oxygen atoms in total. The molecule has 2 unspecified atom stereocenters. The summed E-state index contributed by atoms with van der Waals surface area (Å²) in [5.41, 5.74) is 3.74. The summed E-state index contributed by atoms with van der Waals surface area (Å²) in [4.78, 5) is 12.7. The molecule has 0 saturated heterocycles. The third-order valence-corrected chi connectivity index (χ3v) is 9.78. The minimum Gasteiger partial charge on any atom is -0.488 e. The molecule has 0 aliphatic rings.